The summed E-state index contributed by atoms with van der Waals surface area (Å²) in [6.07, 6.45) is 1.68. The topological polar surface area (TPSA) is 71.1 Å². The zero-order valence-corrected chi connectivity index (χ0v) is 13.8. The smallest absolute Gasteiger partial charge is 0.257 e. The Balaban J connectivity index is 1.58. The van der Waals surface area contributed by atoms with Crippen LogP contribution in [0.15, 0.2) is 60.1 Å². The summed E-state index contributed by atoms with van der Waals surface area (Å²) in [5, 5.41) is 7.70. The molecule has 2 aromatic carbocycles. The number of amides is 2. The van der Waals surface area contributed by atoms with Crippen LogP contribution in [0.1, 0.15) is 15.9 Å². The molecule has 0 bridgehead atoms. The number of nitrogens with zero attached hydrogens (tertiary/aromatic N) is 1. The number of anilines is 2. The first kappa shape index (κ1) is 16.8. The van der Waals surface area contributed by atoms with E-state index in [-0.39, 0.29) is 24.1 Å². The molecule has 0 saturated heterocycles. The summed E-state index contributed by atoms with van der Waals surface area (Å²) >= 11 is 1.33. The third-order valence-electron chi connectivity index (χ3n) is 3.34. The van der Waals surface area contributed by atoms with Crippen LogP contribution >= 0.6 is 11.3 Å². The molecule has 0 aliphatic carbocycles. The van der Waals surface area contributed by atoms with Crippen LogP contribution in [0.25, 0.3) is 0 Å². The molecular weight excluding hydrogens is 341 g/mol. The van der Waals surface area contributed by atoms with E-state index in [1.165, 1.54) is 23.5 Å². The molecule has 2 amide bonds. The Morgan fingerprint density at radius 1 is 1.08 bits per heavy atom. The molecular formula is C18H14FN3O2S. The molecule has 25 heavy (non-hydrogen) atoms. The number of hydrogen-bond donors (Lipinski definition) is 2. The SMILES string of the molecule is O=C(Cc1cccc(F)c1)Nc1ccc(C(=O)Nc2nccs2)cc1. The van der Waals surface area contributed by atoms with Gasteiger partial charge >= 0.3 is 0 Å². The number of aromatic nitrogens is 1. The highest BCUT2D eigenvalue weighted by Crippen LogP contribution is 2.15. The van der Waals surface area contributed by atoms with Gasteiger partial charge in [-0.25, -0.2) is 9.37 Å². The van der Waals surface area contributed by atoms with Crippen molar-refractivity contribution in [2.45, 2.75) is 6.42 Å². The fourth-order valence-corrected chi connectivity index (χ4v) is 2.72. The van der Waals surface area contributed by atoms with Crippen LogP contribution in [0, 0.1) is 5.82 Å². The predicted molar refractivity (Wildman–Crippen MR) is 95.2 cm³/mol. The minimum Gasteiger partial charge on any atom is -0.326 e. The zero-order chi connectivity index (χ0) is 17.6. The van der Waals surface area contributed by atoms with E-state index in [4.69, 9.17) is 0 Å². The van der Waals surface area contributed by atoms with Gasteiger partial charge in [-0.15, -0.1) is 11.3 Å². The van der Waals surface area contributed by atoms with Gasteiger partial charge < -0.3 is 5.32 Å². The quantitative estimate of drug-likeness (QED) is 0.733. The Labute approximate surface area is 147 Å². The first-order chi connectivity index (χ1) is 12.1. The van der Waals surface area contributed by atoms with Gasteiger partial charge in [0.05, 0.1) is 6.42 Å². The summed E-state index contributed by atoms with van der Waals surface area (Å²) in [5.74, 6) is -0.904. The summed E-state index contributed by atoms with van der Waals surface area (Å²) in [5.41, 5.74) is 1.61. The van der Waals surface area contributed by atoms with E-state index in [2.05, 4.69) is 15.6 Å². The Hall–Kier alpha value is -3.06. The first-order valence-electron chi connectivity index (χ1n) is 7.45. The van der Waals surface area contributed by atoms with Gasteiger partial charge in [0.2, 0.25) is 5.91 Å². The molecule has 2 N–H and O–H groups in total. The highest BCUT2D eigenvalue weighted by atomic mass is 32.1. The van der Waals surface area contributed by atoms with Gasteiger partial charge in [-0.05, 0) is 42.0 Å². The molecule has 0 spiro atoms. The second kappa shape index (κ2) is 7.67. The summed E-state index contributed by atoms with van der Waals surface area (Å²) in [7, 11) is 0. The molecule has 0 radical (unpaired) electrons. The van der Waals surface area contributed by atoms with Crippen molar-refractivity contribution in [1.82, 2.24) is 4.98 Å². The van der Waals surface area contributed by atoms with E-state index in [0.29, 0.717) is 21.9 Å². The predicted octanol–water partition coefficient (Wildman–Crippen LogP) is 3.72. The summed E-state index contributed by atoms with van der Waals surface area (Å²) in [6, 6.07) is 12.4. The Bertz CT molecular complexity index is 880. The first-order valence-corrected chi connectivity index (χ1v) is 8.33. The lowest BCUT2D eigenvalue weighted by Gasteiger charge is -2.07. The lowest BCUT2D eigenvalue weighted by Crippen LogP contribution is -2.15. The third kappa shape index (κ3) is 4.71. The number of benzene rings is 2. The van der Waals surface area contributed by atoms with Crippen LogP contribution in [-0.2, 0) is 11.2 Å². The van der Waals surface area contributed by atoms with Gasteiger partial charge in [-0.1, -0.05) is 12.1 Å². The maximum Gasteiger partial charge on any atom is 0.257 e. The molecule has 3 aromatic rings. The number of hydrogen-bond acceptors (Lipinski definition) is 4. The van der Waals surface area contributed by atoms with E-state index in [1.807, 2.05) is 0 Å². The Kier molecular flexibility index (Phi) is 5.15. The Morgan fingerprint density at radius 2 is 1.88 bits per heavy atom. The highest BCUT2D eigenvalue weighted by Gasteiger charge is 2.09. The summed E-state index contributed by atoms with van der Waals surface area (Å²) in [6.45, 7) is 0. The normalized spacial score (nSPS) is 10.3. The molecule has 1 heterocycles. The standard InChI is InChI=1S/C18H14FN3O2S/c19-14-3-1-2-12(10-14)11-16(23)21-15-6-4-13(5-7-15)17(24)22-18-20-8-9-25-18/h1-10H,11H2,(H,21,23)(H,20,22,24). The maximum atomic E-state index is 13.1. The number of halogens is 1. The number of carbonyl (C=O) groups is 2. The van der Waals surface area contributed by atoms with E-state index >= 15 is 0 Å². The van der Waals surface area contributed by atoms with Gasteiger partial charge in [0.15, 0.2) is 5.13 Å². The molecule has 0 unspecified atom stereocenters. The average molecular weight is 355 g/mol. The lowest BCUT2D eigenvalue weighted by atomic mass is 10.1. The van der Waals surface area contributed by atoms with Crippen LogP contribution in [0.3, 0.4) is 0 Å². The second-order valence-corrected chi connectivity index (χ2v) is 6.12. The van der Waals surface area contributed by atoms with Gasteiger partial charge in [-0.2, -0.15) is 0 Å². The molecule has 0 aliphatic heterocycles. The number of nitrogens with one attached hydrogen (secondary N) is 2. The monoisotopic (exact) mass is 355 g/mol. The van der Waals surface area contributed by atoms with Crippen molar-refractivity contribution in [3.05, 3.63) is 77.1 Å². The highest BCUT2D eigenvalue weighted by molar-refractivity contribution is 7.13. The van der Waals surface area contributed by atoms with Gasteiger partial charge in [0.1, 0.15) is 5.82 Å². The van der Waals surface area contributed by atoms with Crippen LogP contribution in [0.4, 0.5) is 15.2 Å². The molecule has 1 aromatic heterocycles. The van der Waals surface area contributed by atoms with Crippen molar-refractivity contribution >= 4 is 34.0 Å². The minimum atomic E-state index is -0.374. The summed E-state index contributed by atoms with van der Waals surface area (Å²) < 4.78 is 13.1. The van der Waals surface area contributed by atoms with Crippen molar-refractivity contribution in [2.75, 3.05) is 10.6 Å². The minimum absolute atomic E-state index is 0.0735. The second-order valence-electron chi connectivity index (χ2n) is 5.22. The van der Waals surface area contributed by atoms with Gasteiger partial charge in [0, 0.05) is 22.8 Å². The molecule has 126 valence electrons. The van der Waals surface area contributed by atoms with Crippen molar-refractivity contribution in [2.24, 2.45) is 0 Å². The van der Waals surface area contributed by atoms with Gasteiger partial charge in [-0.3, -0.25) is 14.9 Å². The van der Waals surface area contributed by atoms with Crippen molar-refractivity contribution in [3.63, 3.8) is 0 Å². The maximum absolute atomic E-state index is 13.1. The number of rotatable bonds is 5. The molecule has 5 nitrogen and oxygen atoms in total. The van der Waals surface area contributed by atoms with Gasteiger partial charge in [0.25, 0.3) is 5.91 Å². The van der Waals surface area contributed by atoms with E-state index in [1.54, 1.807) is 48.0 Å². The zero-order valence-electron chi connectivity index (χ0n) is 13.0. The molecule has 7 heteroatoms. The Morgan fingerprint density at radius 3 is 2.56 bits per heavy atom. The van der Waals surface area contributed by atoms with E-state index in [9.17, 15) is 14.0 Å². The molecule has 0 fully saturated rings. The third-order valence-corrected chi connectivity index (χ3v) is 4.03. The van der Waals surface area contributed by atoms with Crippen LogP contribution in [0.2, 0.25) is 0 Å². The van der Waals surface area contributed by atoms with Crippen molar-refractivity contribution in [3.8, 4) is 0 Å². The van der Waals surface area contributed by atoms with Crippen LogP contribution < -0.4 is 10.6 Å². The number of thiazole rings is 1. The molecule has 0 atom stereocenters. The molecule has 0 saturated carbocycles. The fraction of sp³-hybridized carbons (Fsp3) is 0.0556. The molecule has 0 aliphatic rings. The largest absolute Gasteiger partial charge is 0.326 e. The van der Waals surface area contributed by atoms with E-state index in [0.717, 1.165) is 0 Å². The number of carbonyl (C=O) groups excluding carboxylic acids is 2. The lowest BCUT2D eigenvalue weighted by molar-refractivity contribution is -0.115. The molecule has 3 rings (SSSR count). The van der Waals surface area contributed by atoms with E-state index < -0.39 is 0 Å². The summed E-state index contributed by atoms with van der Waals surface area (Å²) in [4.78, 5) is 28.0. The fourth-order valence-electron chi connectivity index (χ4n) is 2.20. The van der Waals surface area contributed by atoms with Crippen molar-refractivity contribution < 1.29 is 14.0 Å². The van der Waals surface area contributed by atoms with Crippen LogP contribution in [-0.4, -0.2) is 16.8 Å². The van der Waals surface area contributed by atoms with Crippen LogP contribution in [0.5, 0.6) is 0 Å². The van der Waals surface area contributed by atoms with Crippen molar-refractivity contribution in [1.29, 1.82) is 0 Å². The average Bonchev–Trinajstić information content (AvgIpc) is 3.08.